The lowest BCUT2D eigenvalue weighted by molar-refractivity contribution is -0.117. The predicted octanol–water partition coefficient (Wildman–Crippen LogP) is 2.06. The van der Waals surface area contributed by atoms with Crippen molar-refractivity contribution in [2.75, 3.05) is 20.8 Å². The van der Waals surface area contributed by atoms with Crippen molar-refractivity contribution in [3.05, 3.63) is 48.2 Å². The molecule has 23 heavy (non-hydrogen) atoms. The van der Waals surface area contributed by atoms with Crippen LogP contribution in [0.25, 0.3) is 0 Å². The van der Waals surface area contributed by atoms with E-state index in [1.165, 1.54) is 6.20 Å². The molecule has 0 aliphatic heterocycles. The summed E-state index contributed by atoms with van der Waals surface area (Å²) in [5.74, 6) is 0.738. The van der Waals surface area contributed by atoms with Crippen molar-refractivity contribution in [1.29, 1.82) is 5.26 Å². The molecule has 1 aromatic rings. The minimum absolute atomic E-state index is 0.000762. The minimum atomic E-state index is -0.452. The number of amides is 1. The molecule has 0 bridgehead atoms. The third kappa shape index (κ3) is 5.08. The highest BCUT2D eigenvalue weighted by molar-refractivity contribution is 5.97. The molecule has 0 radical (unpaired) electrons. The number of hydrogen-bond donors (Lipinski definition) is 2. The molecule has 6 nitrogen and oxygen atoms in total. The summed E-state index contributed by atoms with van der Waals surface area (Å²) in [6, 6.07) is 6.96. The summed E-state index contributed by atoms with van der Waals surface area (Å²) in [7, 11) is 3.11. The summed E-state index contributed by atoms with van der Waals surface area (Å²) in [6.45, 7) is 5.85. The number of carbonyl (C=O) groups is 1. The molecule has 1 atom stereocenters. The van der Waals surface area contributed by atoms with E-state index >= 15 is 0 Å². The van der Waals surface area contributed by atoms with Gasteiger partial charge in [0.05, 0.1) is 20.3 Å². The number of nitrogens with zero attached hydrogens (tertiary/aromatic N) is 1. The maximum absolute atomic E-state index is 12.1. The van der Waals surface area contributed by atoms with Crippen LogP contribution in [-0.4, -0.2) is 26.7 Å². The summed E-state index contributed by atoms with van der Waals surface area (Å²) in [5, 5.41) is 14.6. The van der Waals surface area contributed by atoms with E-state index in [0.717, 1.165) is 5.56 Å². The second-order valence-corrected chi connectivity index (χ2v) is 4.68. The Morgan fingerprint density at radius 1 is 1.39 bits per heavy atom. The van der Waals surface area contributed by atoms with Gasteiger partial charge >= 0.3 is 0 Å². The van der Waals surface area contributed by atoms with Crippen molar-refractivity contribution >= 4 is 5.91 Å². The zero-order valence-electron chi connectivity index (χ0n) is 13.6. The average Bonchev–Trinajstić information content (AvgIpc) is 2.57. The van der Waals surface area contributed by atoms with Crippen molar-refractivity contribution in [2.24, 2.45) is 0 Å². The van der Waals surface area contributed by atoms with Crippen LogP contribution >= 0.6 is 0 Å². The Morgan fingerprint density at radius 3 is 2.65 bits per heavy atom. The van der Waals surface area contributed by atoms with Crippen molar-refractivity contribution in [3.8, 4) is 17.6 Å². The number of hydrogen-bond acceptors (Lipinski definition) is 5. The number of nitrogens with one attached hydrogen (secondary N) is 2. The summed E-state index contributed by atoms with van der Waals surface area (Å²) in [5.41, 5.74) is 0.839. The van der Waals surface area contributed by atoms with Crippen LogP contribution in [0.15, 0.2) is 42.6 Å². The normalized spacial score (nSPS) is 11.8. The van der Waals surface area contributed by atoms with Gasteiger partial charge in [-0.05, 0) is 24.6 Å². The largest absolute Gasteiger partial charge is 0.493 e. The van der Waals surface area contributed by atoms with Gasteiger partial charge in [-0.3, -0.25) is 4.79 Å². The molecule has 1 amide bonds. The van der Waals surface area contributed by atoms with E-state index in [9.17, 15) is 4.79 Å². The van der Waals surface area contributed by atoms with Gasteiger partial charge in [-0.1, -0.05) is 12.1 Å². The zero-order chi connectivity index (χ0) is 17.2. The van der Waals surface area contributed by atoms with Crippen molar-refractivity contribution in [3.63, 3.8) is 0 Å². The van der Waals surface area contributed by atoms with Gasteiger partial charge in [0.1, 0.15) is 11.6 Å². The lowest BCUT2D eigenvalue weighted by Gasteiger charge is -2.16. The van der Waals surface area contributed by atoms with Gasteiger partial charge in [0.15, 0.2) is 11.5 Å². The molecule has 122 valence electrons. The van der Waals surface area contributed by atoms with Gasteiger partial charge < -0.3 is 20.1 Å². The first-order valence-corrected chi connectivity index (χ1v) is 7.04. The molecule has 0 spiro atoms. The topological polar surface area (TPSA) is 83.4 Å². The Hall–Kier alpha value is -2.94. The van der Waals surface area contributed by atoms with Crippen LogP contribution in [0.3, 0.4) is 0 Å². The summed E-state index contributed by atoms with van der Waals surface area (Å²) in [6.07, 6.45) is 3.01. The van der Waals surface area contributed by atoms with Crippen molar-refractivity contribution < 1.29 is 14.3 Å². The third-order valence-corrected chi connectivity index (χ3v) is 3.13. The van der Waals surface area contributed by atoms with E-state index in [4.69, 9.17) is 14.7 Å². The van der Waals surface area contributed by atoms with Crippen LogP contribution in [0.1, 0.15) is 18.5 Å². The standard InChI is InChI=1S/C17H21N3O3/c1-5-8-19-11-14(10-18)17(21)20-12(2)13-6-7-15(22-3)16(9-13)23-4/h5-7,9,11-12,19H,1,8H2,2-4H3,(H,20,21)/b14-11-. The lowest BCUT2D eigenvalue weighted by Crippen LogP contribution is -2.28. The maximum atomic E-state index is 12.1. The van der Waals surface area contributed by atoms with Gasteiger partial charge in [0.25, 0.3) is 5.91 Å². The van der Waals surface area contributed by atoms with Crippen LogP contribution in [-0.2, 0) is 4.79 Å². The highest BCUT2D eigenvalue weighted by Crippen LogP contribution is 2.29. The molecule has 1 aromatic carbocycles. The number of benzene rings is 1. The summed E-state index contributed by atoms with van der Waals surface area (Å²) in [4.78, 5) is 12.1. The first-order valence-electron chi connectivity index (χ1n) is 7.04. The van der Waals surface area contributed by atoms with Crippen molar-refractivity contribution in [2.45, 2.75) is 13.0 Å². The molecule has 0 heterocycles. The zero-order valence-corrected chi connectivity index (χ0v) is 13.6. The van der Waals surface area contributed by atoms with Gasteiger partial charge in [-0.25, -0.2) is 0 Å². The Balaban J connectivity index is 2.84. The molecular formula is C17H21N3O3. The molecule has 0 saturated carbocycles. The number of nitriles is 1. The first kappa shape index (κ1) is 18.1. The Bertz CT molecular complexity index is 632. The fraction of sp³-hybridized carbons (Fsp3) is 0.294. The summed E-state index contributed by atoms with van der Waals surface area (Å²) < 4.78 is 10.4. The van der Waals surface area contributed by atoms with E-state index in [1.54, 1.807) is 32.4 Å². The van der Waals surface area contributed by atoms with Gasteiger partial charge in [-0.2, -0.15) is 5.26 Å². The highest BCUT2D eigenvalue weighted by Gasteiger charge is 2.15. The maximum Gasteiger partial charge on any atom is 0.263 e. The van der Waals surface area contributed by atoms with E-state index < -0.39 is 5.91 Å². The van der Waals surface area contributed by atoms with E-state index in [1.807, 2.05) is 19.1 Å². The van der Waals surface area contributed by atoms with E-state index in [2.05, 4.69) is 17.2 Å². The summed E-state index contributed by atoms with van der Waals surface area (Å²) >= 11 is 0. The molecule has 1 unspecified atom stereocenters. The number of rotatable bonds is 8. The Morgan fingerprint density at radius 2 is 2.09 bits per heavy atom. The highest BCUT2D eigenvalue weighted by atomic mass is 16.5. The average molecular weight is 315 g/mol. The molecule has 6 heteroatoms. The Labute approximate surface area is 136 Å². The fourth-order valence-electron chi connectivity index (χ4n) is 1.87. The quantitative estimate of drug-likeness (QED) is 0.332. The SMILES string of the molecule is C=CCN/C=C(/C#N)C(=O)NC(C)c1ccc(OC)c(OC)c1. The van der Waals surface area contributed by atoms with Gasteiger partial charge in [0.2, 0.25) is 0 Å². The van der Waals surface area contributed by atoms with Crippen molar-refractivity contribution in [1.82, 2.24) is 10.6 Å². The molecule has 1 rings (SSSR count). The van der Waals surface area contributed by atoms with Crippen LogP contribution in [0.4, 0.5) is 0 Å². The van der Waals surface area contributed by atoms with Crippen LogP contribution < -0.4 is 20.1 Å². The lowest BCUT2D eigenvalue weighted by atomic mass is 10.1. The van der Waals surface area contributed by atoms with Gasteiger partial charge in [0, 0.05) is 12.7 Å². The predicted molar refractivity (Wildman–Crippen MR) is 88.0 cm³/mol. The van der Waals surface area contributed by atoms with E-state index in [-0.39, 0.29) is 11.6 Å². The number of methoxy groups -OCH3 is 2. The number of ether oxygens (including phenoxy) is 2. The second-order valence-electron chi connectivity index (χ2n) is 4.68. The number of carbonyl (C=O) groups excluding carboxylic acids is 1. The smallest absolute Gasteiger partial charge is 0.263 e. The molecule has 2 N–H and O–H groups in total. The van der Waals surface area contributed by atoms with Crippen LogP contribution in [0.2, 0.25) is 0 Å². The van der Waals surface area contributed by atoms with Gasteiger partial charge in [-0.15, -0.1) is 6.58 Å². The van der Waals surface area contributed by atoms with Crippen LogP contribution in [0, 0.1) is 11.3 Å². The first-order chi connectivity index (χ1) is 11.1. The third-order valence-electron chi connectivity index (χ3n) is 3.13. The molecule has 0 saturated heterocycles. The molecular weight excluding hydrogens is 294 g/mol. The second kappa shape index (κ2) is 9.15. The molecule has 0 aromatic heterocycles. The Kier molecular flexibility index (Phi) is 7.21. The molecule has 0 fully saturated rings. The molecule has 0 aliphatic rings. The minimum Gasteiger partial charge on any atom is -0.493 e. The van der Waals surface area contributed by atoms with E-state index in [0.29, 0.717) is 18.0 Å². The fourth-order valence-corrected chi connectivity index (χ4v) is 1.87. The van der Waals surface area contributed by atoms with Crippen LogP contribution in [0.5, 0.6) is 11.5 Å². The molecule has 0 aliphatic carbocycles. The monoisotopic (exact) mass is 315 g/mol.